The molecule has 1 N–H and O–H groups in total. The molecule has 18 heavy (non-hydrogen) atoms. The zero-order chi connectivity index (χ0) is 13.1. The topological polar surface area (TPSA) is 12.0 Å². The normalized spacial score (nSPS) is 10.4. The summed E-state index contributed by atoms with van der Waals surface area (Å²) in [5.41, 5.74) is 2.26. The fourth-order valence-corrected chi connectivity index (χ4v) is 2.25. The minimum atomic E-state index is -0.320. The summed E-state index contributed by atoms with van der Waals surface area (Å²) in [5, 5.41) is 4.15. The summed E-state index contributed by atoms with van der Waals surface area (Å²) in [6.45, 7) is 2.24. The van der Waals surface area contributed by atoms with Gasteiger partial charge in [-0.1, -0.05) is 41.4 Å². The van der Waals surface area contributed by atoms with Crippen molar-refractivity contribution in [3.63, 3.8) is 0 Å². The Hall–Kier alpha value is -1.25. The molecule has 2 aromatic rings. The van der Waals surface area contributed by atoms with Crippen LogP contribution in [0, 0.1) is 12.7 Å². The maximum Gasteiger partial charge on any atom is 0.129 e. The van der Waals surface area contributed by atoms with Gasteiger partial charge in [0.15, 0.2) is 0 Å². The fraction of sp³-hybridized carbons (Fsp3) is 0.143. The third-order valence-electron chi connectivity index (χ3n) is 2.73. The van der Waals surface area contributed by atoms with Crippen LogP contribution in [-0.4, -0.2) is 0 Å². The quantitative estimate of drug-likeness (QED) is 0.831. The van der Waals surface area contributed by atoms with Crippen LogP contribution in [0.15, 0.2) is 36.4 Å². The highest BCUT2D eigenvalue weighted by atomic mass is 35.5. The number of rotatable bonds is 3. The van der Waals surface area contributed by atoms with Crippen molar-refractivity contribution in [3.05, 3.63) is 63.4 Å². The Balaban J connectivity index is 2.22. The van der Waals surface area contributed by atoms with Crippen LogP contribution in [0.5, 0.6) is 0 Å². The van der Waals surface area contributed by atoms with Crippen molar-refractivity contribution < 1.29 is 4.39 Å². The first-order chi connectivity index (χ1) is 8.59. The Morgan fingerprint density at radius 3 is 2.39 bits per heavy atom. The summed E-state index contributed by atoms with van der Waals surface area (Å²) >= 11 is 12.0. The number of hydrogen-bond donors (Lipinski definition) is 1. The summed E-state index contributed by atoms with van der Waals surface area (Å²) in [7, 11) is 0. The lowest BCUT2D eigenvalue weighted by Crippen LogP contribution is -2.04. The van der Waals surface area contributed by atoms with Crippen LogP contribution >= 0.6 is 23.2 Å². The Labute approximate surface area is 116 Å². The van der Waals surface area contributed by atoms with Crippen LogP contribution in [0.4, 0.5) is 10.1 Å². The minimum Gasteiger partial charge on any atom is -0.379 e. The van der Waals surface area contributed by atoms with Gasteiger partial charge in [-0.25, -0.2) is 4.39 Å². The van der Waals surface area contributed by atoms with Crippen LogP contribution in [0.2, 0.25) is 10.0 Å². The SMILES string of the molecule is Cc1cccc(Cl)c1NCc1c(F)cccc1Cl. The van der Waals surface area contributed by atoms with E-state index in [2.05, 4.69) is 5.32 Å². The van der Waals surface area contributed by atoms with Crippen molar-refractivity contribution >= 4 is 28.9 Å². The summed E-state index contributed by atoms with van der Waals surface area (Å²) in [4.78, 5) is 0. The van der Waals surface area contributed by atoms with Crippen LogP contribution in [0.1, 0.15) is 11.1 Å². The summed E-state index contributed by atoms with van der Waals surface area (Å²) in [6.07, 6.45) is 0. The molecular weight excluding hydrogens is 272 g/mol. The molecule has 0 aliphatic heterocycles. The Morgan fingerprint density at radius 2 is 1.72 bits per heavy atom. The van der Waals surface area contributed by atoms with Crippen LogP contribution in [0.3, 0.4) is 0 Å². The van der Waals surface area contributed by atoms with Crippen LogP contribution in [0.25, 0.3) is 0 Å². The van der Waals surface area contributed by atoms with Crippen molar-refractivity contribution in [2.75, 3.05) is 5.32 Å². The van der Waals surface area contributed by atoms with Crippen LogP contribution in [-0.2, 0) is 6.54 Å². The van der Waals surface area contributed by atoms with Gasteiger partial charge in [0.2, 0.25) is 0 Å². The zero-order valence-corrected chi connectivity index (χ0v) is 11.3. The number of nitrogens with one attached hydrogen (secondary N) is 1. The van der Waals surface area contributed by atoms with E-state index in [0.29, 0.717) is 22.2 Å². The number of aryl methyl sites for hydroxylation is 1. The molecule has 0 saturated heterocycles. The predicted octanol–water partition coefficient (Wildman–Crippen LogP) is 5.05. The molecule has 0 fully saturated rings. The van der Waals surface area contributed by atoms with Gasteiger partial charge in [0.05, 0.1) is 10.7 Å². The highest BCUT2D eigenvalue weighted by molar-refractivity contribution is 6.33. The molecule has 0 aliphatic rings. The molecule has 0 aliphatic carbocycles. The first kappa shape index (κ1) is 13.2. The molecule has 0 saturated carbocycles. The Kier molecular flexibility index (Phi) is 4.10. The Bertz CT molecular complexity index is 478. The van der Waals surface area contributed by atoms with Gasteiger partial charge in [-0.2, -0.15) is 0 Å². The van der Waals surface area contributed by atoms with E-state index < -0.39 is 0 Å². The molecule has 2 rings (SSSR count). The van der Waals surface area contributed by atoms with Crippen molar-refractivity contribution in [1.29, 1.82) is 0 Å². The lowest BCUT2D eigenvalue weighted by Gasteiger charge is -2.12. The van der Waals surface area contributed by atoms with Gasteiger partial charge in [-0.15, -0.1) is 0 Å². The molecule has 0 bridgehead atoms. The molecule has 0 spiro atoms. The number of benzene rings is 2. The maximum atomic E-state index is 13.6. The second kappa shape index (κ2) is 5.59. The molecule has 2 aromatic carbocycles. The third-order valence-corrected chi connectivity index (χ3v) is 3.39. The third kappa shape index (κ3) is 2.77. The average molecular weight is 284 g/mol. The summed E-state index contributed by atoms with van der Waals surface area (Å²) in [5.74, 6) is -0.320. The van der Waals surface area contributed by atoms with Gasteiger partial charge in [0.1, 0.15) is 5.82 Å². The molecule has 0 unspecified atom stereocenters. The largest absolute Gasteiger partial charge is 0.379 e. The maximum absolute atomic E-state index is 13.6. The first-order valence-corrected chi connectivity index (χ1v) is 6.27. The van der Waals surface area contributed by atoms with Gasteiger partial charge in [-0.05, 0) is 30.7 Å². The van der Waals surface area contributed by atoms with E-state index in [4.69, 9.17) is 23.2 Å². The summed E-state index contributed by atoms with van der Waals surface area (Å²) in [6, 6.07) is 10.3. The van der Waals surface area contributed by atoms with Gasteiger partial charge in [0.25, 0.3) is 0 Å². The van der Waals surface area contributed by atoms with E-state index in [0.717, 1.165) is 11.3 Å². The second-order valence-corrected chi connectivity index (χ2v) is 4.80. The number of para-hydroxylation sites is 1. The zero-order valence-electron chi connectivity index (χ0n) is 9.81. The van der Waals surface area contributed by atoms with E-state index >= 15 is 0 Å². The monoisotopic (exact) mass is 283 g/mol. The Morgan fingerprint density at radius 1 is 1.06 bits per heavy atom. The molecule has 0 radical (unpaired) electrons. The molecule has 0 amide bonds. The predicted molar refractivity (Wildman–Crippen MR) is 74.9 cm³/mol. The van der Waals surface area contributed by atoms with E-state index in [1.54, 1.807) is 18.2 Å². The highest BCUT2D eigenvalue weighted by Crippen LogP contribution is 2.27. The average Bonchev–Trinajstić information content (AvgIpc) is 2.31. The highest BCUT2D eigenvalue weighted by Gasteiger charge is 2.08. The fourth-order valence-electron chi connectivity index (χ4n) is 1.73. The van der Waals surface area contributed by atoms with Crippen LogP contribution < -0.4 is 5.32 Å². The summed E-state index contributed by atoms with van der Waals surface area (Å²) < 4.78 is 13.6. The minimum absolute atomic E-state index is 0.302. The van der Waals surface area contributed by atoms with E-state index in [-0.39, 0.29) is 5.82 Å². The van der Waals surface area contributed by atoms with Crippen molar-refractivity contribution in [2.24, 2.45) is 0 Å². The van der Waals surface area contributed by atoms with E-state index in [9.17, 15) is 4.39 Å². The van der Waals surface area contributed by atoms with E-state index in [1.807, 2.05) is 19.1 Å². The van der Waals surface area contributed by atoms with Crippen molar-refractivity contribution in [3.8, 4) is 0 Å². The smallest absolute Gasteiger partial charge is 0.129 e. The lowest BCUT2D eigenvalue weighted by molar-refractivity contribution is 0.613. The molecular formula is C14H12Cl2FN. The molecule has 0 heterocycles. The van der Waals surface area contributed by atoms with Gasteiger partial charge >= 0.3 is 0 Å². The molecule has 4 heteroatoms. The van der Waals surface area contributed by atoms with Crippen molar-refractivity contribution in [2.45, 2.75) is 13.5 Å². The molecule has 1 nitrogen and oxygen atoms in total. The van der Waals surface area contributed by atoms with E-state index in [1.165, 1.54) is 6.07 Å². The lowest BCUT2D eigenvalue weighted by atomic mass is 10.1. The standard InChI is InChI=1S/C14H12Cl2FN/c1-9-4-2-6-12(16)14(9)18-8-10-11(15)5-3-7-13(10)17/h2-7,18H,8H2,1H3. The number of halogens is 3. The first-order valence-electron chi connectivity index (χ1n) is 5.51. The van der Waals surface area contributed by atoms with Gasteiger partial charge in [0, 0.05) is 17.1 Å². The number of hydrogen-bond acceptors (Lipinski definition) is 1. The van der Waals surface area contributed by atoms with Crippen molar-refractivity contribution in [1.82, 2.24) is 0 Å². The second-order valence-electron chi connectivity index (χ2n) is 3.99. The molecule has 0 atom stereocenters. The van der Waals surface area contributed by atoms with Gasteiger partial charge in [-0.3, -0.25) is 0 Å². The molecule has 94 valence electrons. The van der Waals surface area contributed by atoms with Gasteiger partial charge < -0.3 is 5.32 Å². The molecule has 0 aromatic heterocycles. The number of anilines is 1.